The van der Waals surface area contributed by atoms with Crippen LogP contribution in [0.4, 0.5) is 0 Å². The van der Waals surface area contributed by atoms with Crippen LogP contribution in [0.25, 0.3) is 0 Å². The minimum absolute atomic E-state index is 0.00160. The lowest BCUT2D eigenvalue weighted by atomic mass is 10.1. The molecule has 0 N–H and O–H groups in total. The number of hydrogen-bond donors (Lipinski definition) is 0. The highest BCUT2D eigenvalue weighted by Crippen LogP contribution is 2.22. The molecule has 17 heavy (non-hydrogen) atoms. The maximum absolute atomic E-state index is 6.32. The van der Waals surface area contributed by atoms with Gasteiger partial charge in [0.2, 0.25) is 0 Å². The van der Waals surface area contributed by atoms with E-state index < -0.39 is 0 Å². The van der Waals surface area contributed by atoms with Crippen molar-refractivity contribution < 1.29 is 4.74 Å². The SMILES string of the molecule is C#C/C=C/CC1O[C@H](/C=C/C)C/C=C\CC1Cl. The zero-order chi connectivity index (χ0) is 12.5. The Morgan fingerprint density at radius 3 is 2.94 bits per heavy atom. The first-order valence-electron chi connectivity index (χ1n) is 5.96. The first-order valence-corrected chi connectivity index (χ1v) is 6.40. The van der Waals surface area contributed by atoms with Crippen LogP contribution in [0.5, 0.6) is 0 Å². The summed E-state index contributed by atoms with van der Waals surface area (Å²) in [5.74, 6) is 2.48. The molecule has 0 aliphatic carbocycles. The van der Waals surface area contributed by atoms with Gasteiger partial charge in [-0.25, -0.2) is 0 Å². The summed E-state index contributed by atoms with van der Waals surface area (Å²) in [5.41, 5.74) is 0. The third kappa shape index (κ3) is 5.26. The van der Waals surface area contributed by atoms with Crippen LogP contribution in [-0.4, -0.2) is 17.6 Å². The van der Waals surface area contributed by atoms with Crippen LogP contribution < -0.4 is 0 Å². The number of alkyl halides is 1. The fourth-order valence-corrected chi connectivity index (χ4v) is 2.05. The topological polar surface area (TPSA) is 9.23 Å². The molecule has 0 aromatic rings. The molecule has 1 nitrogen and oxygen atoms in total. The predicted octanol–water partition coefficient (Wildman–Crippen LogP) is 3.85. The van der Waals surface area contributed by atoms with E-state index in [1.54, 1.807) is 6.08 Å². The molecule has 0 aromatic carbocycles. The van der Waals surface area contributed by atoms with Gasteiger partial charge in [-0.15, -0.1) is 18.0 Å². The fraction of sp³-hybridized carbons (Fsp3) is 0.467. The monoisotopic (exact) mass is 250 g/mol. The Balaban J connectivity index is 2.66. The van der Waals surface area contributed by atoms with Gasteiger partial charge in [-0.1, -0.05) is 36.3 Å². The largest absolute Gasteiger partial charge is 0.369 e. The van der Waals surface area contributed by atoms with Crippen LogP contribution in [0.1, 0.15) is 26.2 Å². The molecule has 3 atom stereocenters. The molecular formula is C15H19ClO. The summed E-state index contributed by atoms with van der Waals surface area (Å²) >= 11 is 6.32. The van der Waals surface area contributed by atoms with Gasteiger partial charge in [-0.3, -0.25) is 0 Å². The van der Waals surface area contributed by atoms with Crippen molar-refractivity contribution in [3.63, 3.8) is 0 Å². The third-order valence-corrected chi connectivity index (χ3v) is 3.10. The number of halogens is 1. The molecule has 0 radical (unpaired) electrons. The van der Waals surface area contributed by atoms with Crippen LogP contribution in [0.15, 0.2) is 36.5 Å². The maximum Gasteiger partial charge on any atom is 0.0794 e. The average molecular weight is 251 g/mol. The minimum atomic E-state index is 0.00160. The van der Waals surface area contributed by atoms with Crippen molar-refractivity contribution in [1.82, 2.24) is 0 Å². The Bertz CT molecular complexity index is 335. The van der Waals surface area contributed by atoms with E-state index >= 15 is 0 Å². The lowest BCUT2D eigenvalue weighted by Gasteiger charge is -2.26. The van der Waals surface area contributed by atoms with Crippen molar-refractivity contribution >= 4 is 11.6 Å². The second-order valence-electron chi connectivity index (χ2n) is 4.00. The second kappa shape index (κ2) is 8.17. The standard InChI is InChI=1S/C15H19ClO/c1-3-5-6-12-15-14(16)11-8-7-10-13(17-15)9-4-2/h1,4-9,13-15H,10-12H2,2H3/b6-5+,8-7-,9-4+/t13-,14?,15?/m1/s1. The van der Waals surface area contributed by atoms with Gasteiger partial charge in [0.1, 0.15) is 0 Å². The van der Waals surface area contributed by atoms with Gasteiger partial charge in [0.05, 0.1) is 17.6 Å². The summed E-state index contributed by atoms with van der Waals surface area (Å²) < 4.78 is 6.00. The van der Waals surface area contributed by atoms with E-state index in [0.29, 0.717) is 0 Å². The molecule has 0 aromatic heterocycles. The Hall–Kier alpha value is -0.970. The number of rotatable bonds is 3. The molecule has 1 aliphatic rings. The molecule has 1 aliphatic heterocycles. The maximum atomic E-state index is 6.32. The molecule has 0 amide bonds. The van der Waals surface area contributed by atoms with Gasteiger partial charge in [0.15, 0.2) is 0 Å². The van der Waals surface area contributed by atoms with Gasteiger partial charge in [-0.2, -0.15) is 0 Å². The molecule has 1 rings (SSSR count). The first kappa shape index (κ1) is 14.1. The zero-order valence-corrected chi connectivity index (χ0v) is 10.9. The minimum Gasteiger partial charge on any atom is -0.369 e. The molecule has 92 valence electrons. The van der Waals surface area contributed by atoms with Crippen LogP contribution in [0.2, 0.25) is 0 Å². The van der Waals surface area contributed by atoms with Gasteiger partial charge in [0.25, 0.3) is 0 Å². The highest BCUT2D eigenvalue weighted by atomic mass is 35.5. The van der Waals surface area contributed by atoms with Crippen molar-refractivity contribution in [2.24, 2.45) is 0 Å². The lowest BCUT2D eigenvalue weighted by molar-refractivity contribution is 0.0129. The van der Waals surface area contributed by atoms with Crippen molar-refractivity contribution in [2.45, 2.75) is 43.8 Å². The van der Waals surface area contributed by atoms with Gasteiger partial charge >= 0.3 is 0 Å². The van der Waals surface area contributed by atoms with Gasteiger partial charge in [-0.05, 0) is 32.3 Å². The van der Waals surface area contributed by atoms with E-state index in [1.165, 1.54) is 0 Å². The van der Waals surface area contributed by atoms with Crippen LogP contribution >= 0.6 is 11.6 Å². The van der Waals surface area contributed by atoms with Crippen LogP contribution in [0.3, 0.4) is 0 Å². The van der Waals surface area contributed by atoms with Gasteiger partial charge < -0.3 is 4.74 Å². The molecular weight excluding hydrogens is 232 g/mol. The summed E-state index contributed by atoms with van der Waals surface area (Å²) in [4.78, 5) is 0. The quantitative estimate of drug-likeness (QED) is 0.420. The van der Waals surface area contributed by atoms with Crippen molar-refractivity contribution in [1.29, 1.82) is 0 Å². The average Bonchev–Trinajstić information content (AvgIpc) is 2.31. The number of allylic oxidation sites excluding steroid dienone is 3. The van der Waals surface area contributed by atoms with Crippen molar-refractivity contribution in [2.75, 3.05) is 0 Å². The van der Waals surface area contributed by atoms with E-state index in [2.05, 4.69) is 24.1 Å². The molecule has 0 saturated carbocycles. The number of hydrogen-bond acceptors (Lipinski definition) is 1. The Morgan fingerprint density at radius 2 is 2.24 bits per heavy atom. The third-order valence-electron chi connectivity index (χ3n) is 2.64. The fourth-order valence-electron chi connectivity index (χ4n) is 1.79. The van der Waals surface area contributed by atoms with E-state index in [-0.39, 0.29) is 17.6 Å². The summed E-state index contributed by atoms with van der Waals surface area (Å²) in [6, 6.07) is 0. The molecule has 0 saturated heterocycles. The van der Waals surface area contributed by atoms with Crippen molar-refractivity contribution in [3.05, 3.63) is 36.5 Å². The number of ether oxygens (including phenoxy) is 1. The number of terminal acetylenes is 1. The Morgan fingerprint density at radius 1 is 1.47 bits per heavy atom. The van der Waals surface area contributed by atoms with E-state index in [4.69, 9.17) is 22.8 Å². The summed E-state index contributed by atoms with van der Waals surface area (Å²) in [6.07, 6.45) is 19.8. The normalized spacial score (nSPS) is 32.2. The van der Waals surface area contributed by atoms with Gasteiger partial charge in [0, 0.05) is 0 Å². The van der Waals surface area contributed by atoms with E-state index in [0.717, 1.165) is 19.3 Å². The van der Waals surface area contributed by atoms with E-state index in [1.807, 2.05) is 19.1 Å². The smallest absolute Gasteiger partial charge is 0.0794 e. The summed E-state index contributed by atoms with van der Waals surface area (Å²) in [6.45, 7) is 2.00. The molecule has 0 bridgehead atoms. The zero-order valence-electron chi connectivity index (χ0n) is 10.2. The second-order valence-corrected chi connectivity index (χ2v) is 4.56. The Kier molecular flexibility index (Phi) is 6.77. The predicted molar refractivity (Wildman–Crippen MR) is 74.1 cm³/mol. The molecule has 1 heterocycles. The molecule has 0 spiro atoms. The molecule has 2 heteroatoms. The molecule has 2 unspecified atom stereocenters. The lowest BCUT2D eigenvalue weighted by Crippen LogP contribution is -2.29. The Labute approximate surface area is 109 Å². The first-order chi connectivity index (χ1) is 8.27. The van der Waals surface area contributed by atoms with Crippen molar-refractivity contribution in [3.8, 4) is 12.3 Å². The highest BCUT2D eigenvalue weighted by molar-refractivity contribution is 6.21. The summed E-state index contributed by atoms with van der Waals surface area (Å²) in [7, 11) is 0. The van der Waals surface area contributed by atoms with E-state index in [9.17, 15) is 0 Å². The van der Waals surface area contributed by atoms with Crippen LogP contribution in [0, 0.1) is 12.3 Å². The summed E-state index contributed by atoms with van der Waals surface area (Å²) in [5, 5.41) is 0.00160. The highest BCUT2D eigenvalue weighted by Gasteiger charge is 2.22. The molecule has 0 fully saturated rings. The van der Waals surface area contributed by atoms with Crippen LogP contribution in [-0.2, 0) is 4.74 Å².